The summed E-state index contributed by atoms with van der Waals surface area (Å²) in [5, 5.41) is 6.61. The van der Waals surface area contributed by atoms with E-state index in [1.807, 2.05) is 42.5 Å². The molecule has 1 aromatic heterocycles. The van der Waals surface area contributed by atoms with Crippen LogP contribution in [0.2, 0.25) is 0 Å². The molecule has 6 heteroatoms. The number of imidazole rings is 1. The minimum atomic E-state index is -0.288. The summed E-state index contributed by atoms with van der Waals surface area (Å²) < 4.78 is 15.1. The summed E-state index contributed by atoms with van der Waals surface area (Å²) in [6.07, 6.45) is 0. The van der Waals surface area contributed by atoms with E-state index in [9.17, 15) is 4.39 Å². The average Bonchev–Trinajstić information content (AvgIpc) is 3.01. The van der Waals surface area contributed by atoms with E-state index in [0.29, 0.717) is 23.3 Å². The molecule has 4 rings (SSSR count). The van der Waals surface area contributed by atoms with Crippen LogP contribution in [0.1, 0.15) is 5.56 Å². The van der Waals surface area contributed by atoms with Crippen molar-refractivity contribution in [1.82, 2.24) is 9.55 Å². The predicted octanol–water partition coefficient (Wildman–Crippen LogP) is 5.03. The van der Waals surface area contributed by atoms with Crippen molar-refractivity contribution in [1.29, 1.82) is 0 Å². The monoisotopic (exact) mass is 376 g/mol. The lowest BCUT2D eigenvalue weighted by Crippen LogP contribution is -2.21. The van der Waals surface area contributed by atoms with Crippen molar-refractivity contribution < 1.29 is 4.39 Å². The van der Waals surface area contributed by atoms with Crippen molar-refractivity contribution in [2.24, 2.45) is 0 Å². The van der Waals surface area contributed by atoms with Gasteiger partial charge in [0.15, 0.2) is 5.11 Å². The van der Waals surface area contributed by atoms with Crippen molar-refractivity contribution >= 4 is 40.0 Å². The Balaban J connectivity index is 1.61. The van der Waals surface area contributed by atoms with Crippen molar-refractivity contribution in [2.45, 2.75) is 6.54 Å². The molecule has 0 spiro atoms. The molecular weight excluding hydrogens is 359 g/mol. The van der Waals surface area contributed by atoms with E-state index >= 15 is 0 Å². The number of nitrogens with zero attached hydrogens (tertiary/aromatic N) is 2. The Bertz CT molecular complexity index is 1070. The Labute approximate surface area is 161 Å². The molecule has 4 nitrogen and oxygen atoms in total. The van der Waals surface area contributed by atoms with Gasteiger partial charge < -0.3 is 15.2 Å². The second-order valence-electron chi connectivity index (χ2n) is 6.08. The number of rotatable bonds is 4. The minimum Gasteiger partial charge on any atom is -0.332 e. The molecule has 0 atom stereocenters. The number of hydrogen-bond acceptors (Lipinski definition) is 2. The number of thiocarbonyl (C=S) groups is 1. The number of benzene rings is 3. The average molecular weight is 376 g/mol. The normalized spacial score (nSPS) is 10.7. The highest BCUT2D eigenvalue weighted by molar-refractivity contribution is 7.80. The van der Waals surface area contributed by atoms with Crippen LogP contribution in [-0.4, -0.2) is 14.7 Å². The summed E-state index contributed by atoms with van der Waals surface area (Å²) in [5.74, 6) is 0.365. The molecule has 0 fully saturated rings. The second kappa shape index (κ2) is 7.55. The molecule has 0 radical (unpaired) electrons. The largest absolute Gasteiger partial charge is 0.332 e. The number of halogens is 1. The maximum Gasteiger partial charge on any atom is 0.210 e. The lowest BCUT2D eigenvalue weighted by Gasteiger charge is -2.13. The predicted molar refractivity (Wildman–Crippen MR) is 112 cm³/mol. The Morgan fingerprint density at radius 2 is 1.59 bits per heavy atom. The van der Waals surface area contributed by atoms with Crippen LogP contribution in [0.4, 0.5) is 16.0 Å². The Kier molecular flexibility index (Phi) is 4.80. The van der Waals surface area contributed by atoms with E-state index in [1.54, 1.807) is 12.1 Å². The number of aromatic nitrogens is 2. The van der Waals surface area contributed by atoms with Crippen LogP contribution in [0.5, 0.6) is 0 Å². The fourth-order valence-corrected chi connectivity index (χ4v) is 3.10. The molecular formula is C21H17FN4S. The zero-order valence-corrected chi connectivity index (χ0v) is 15.2. The zero-order valence-electron chi connectivity index (χ0n) is 14.4. The minimum absolute atomic E-state index is 0.288. The van der Waals surface area contributed by atoms with Crippen molar-refractivity contribution in [3.63, 3.8) is 0 Å². The number of fused-ring (bicyclic) bond motifs is 1. The maximum absolute atomic E-state index is 13.1. The van der Waals surface area contributed by atoms with E-state index in [-0.39, 0.29) is 5.82 Å². The molecule has 0 aliphatic carbocycles. The van der Waals surface area contributed by atoms with Gasteiger partial charge in [-0.2, -0.15) is 0 Å². The van der Waals surface area contributed by atoms with Crippen LogP contribution in [0, 0.1) is 5.82 Å². The zero-order chi connectivity index (χ0) is 18.6. The number of anilines is 2. The molecule has 2 N–H and O–H groups in total. The van der Waals surface area contributed by atoms with Gasteiger partial charge in [0.1, 0.15) is 5.82 Å². The SMILES string of the molecule is Fc1ccc(NC(=S)Nc2nc3ccccc3n2Cc2ccccc2)cc1. The maximum atomic E-state index is 13.1. The van der Waals surface area contributed by atoms with Gasteiger partial charge in [-0.3, -0.25) is 0 Å². The van der Waals surface area contributed by atoms with Gasteiger partial charge in [0.05, 0.1) is 17.6 Å². The second-order valence-corrected chi connectivity index (χ2v) is 6.49. The van der Waals surface area contributed by atoms with Gasteiger partial charge in [-0.15, -0.1) is 0 Å². The van der Waals surface area contributed by atoms with E-state index in [0.717, 1.165) is 11.0 Å². The first-order chi connectivity index (χ1) is 13.2. The van der Waals surface area contributed by atoms with E-state index in [4.69, 9.17) is 12.2 Å². The fraction of sp³-hybridized carbons (Fsp3) is 0.0476. The third-order valence-corrected chi connectivity index (χ3v) is 4.37. The van der Waals surface area contributed by atoms with Gasteiger partial charge in [0, 0.05) is 5.69 Å². The number of hydrogen-bond donors (Lipinski definition) is 2. The van der Waals surface area contributed by atoms with Gasteiger partial charge in [-0.25, -0.2) is 9.37 Å². The summed E-state index contributed by atoms with van der Waals surface area (Å²) in [6, 6.07) is 24.2. The number of para-hydroxylation sites is 2. The highest BCUT2D eigenvalue weighted by Crippen LogP contribution is 2.21. The van der Waals surface area contributed by atoms with Crippen molar-refractivity contribution in [3.05, 3.63) is 90.2 Å². The topological polar surface area (TPSA) is 41.9 Å². The molecule has 0 bridgehead atoms. The van der Waals surface area contributed by atoms with Crippen LogP contribution in [0.15, 0.2) is 78.9 Å². The quantitative estimate of drug-likeness (QED) is 0.490. The van der Waals surface area contributed by atoms with E-state index < -0.39 is 0 Å². The summed E-state index contributed by atoms with van der Waals surface area (Å²) in [6.45, 7) is 0.669. The van der Waals surface area contributed by atoms with E-state index in [1.165, 1.54) is 17.7 Å². The highest BCUT2D eigenvalue weighted by Gasteiger charge is 2.12. The third-order valence-electron chi connectivity index (χ3n) is 4.17. The molecule has 0 amide bonds. The molecule has 0 saturated carbocycles. The van der Waals surface area contributed by atoms with Gasteiger partial charge >= 0.3 is 0 Å². The van der Waals surface area contributed by atoms with Crippen LogP contribution in [0.25, 0.3) is 11.0 Å². The van der Waals surface area contributed by atoms with Gasteiger partial charge in [0.25, 0.3) is 0 Å². The first kappa shape index (κ1) is 17.2. The molecule has 0 aliphatic heterocycles. The standard InChI is InChI=1S/C21H17FN4S/c22-16-10-12-17(13-11-16)23-21(27)25-20-24-18-8-4-5-9-19(18)26(20)14-15-6-2-1-3-7-15/h1-13H,14H2,(H2,23,24,25,27). The smallest absolute Gasteiger partial charge is 0.210 e. The molecule has 4 aromatic rings. The first-order valence-corrected chi connectivity index (χ1v) is 8.92. The van der Waals surface area contributed by atoms with Gasteiger partial charge in [0.2, 0.25) is 5.95 Å². The van der Waals surface area contributed by atoms with Gasteiger partial charge in [-0.05, 0) is 54.2 Å². The number of nitrogens with one attached hydrogen (secondary N) is 2. The van der Waals surface area contributed by atoms with E-state index in [2.05, 4.69) is 32.3 Å². The fourth-order valence-electron chi connectivity index (χ4n) is 2.89. The van der Waals surface area contributed by atoms with Crippen LogP contribution in [-0.2, 0) is 6.54 Å². The summed E-state index contributed by atoms with van der Waals surface area (Å²) >= 11 is 5.41. The Morgan fingerprint density at radius 3 is 2.37 bits per heavy atom. The molecule has 134 valence electrons. The van der Waals surface area contributed by atoms with Gasteiger partial charge in [-0.1, -0.05) is 42.5 Å². The molecule has 0 saturated heterocycles. The van der Waals surface area contributed by atoms with Crippen molar-refractivity contribution in [3.8, 4) is 0 Å². The van der Waals surface area contributed by atoms with Crippen LogP contribution in [0.3, 0.4) is 0 Å². The molecule has 3 aromatic carbocycles. The Morgan fingerprint density at radius 1 is 0.889 bits per heavy atom. The molecule has 0 aliphatic rings. The van der Waals surface area contributed by atoms with Crippen LogP contribution < -0.4 is 10.6 Å². The first-order valence-electron chi connectivity index (χ1n) is 8.52. The van der Waals surface area contributed by atoms with Crippen LogP contribution >= 0.6 is 12.2 Å². The molecule has 27 heavy (non-hydrogen) atoms. The lowest BCUT2D eigenvalue weighted by molar-refractivity contribution is 0.628. The Hall–Kier alpha value is -3.25. The molecule has 1 heterocycles. The third kappa shape index (κ3) is 3.96. The van der Waals surface area contributed by atoms with Crippen molar-refractivity contribution in [2.75, 3.05) is 10.6 Å². The summed E-state index contributed by atoms with van der Waals surface area (Å²) in [4.78, 5) is 4.67. The summed E-state index contributed by atoms with van der Waals surface area (Å²) in [7, 11) is 0. The molecule has 0 unspecified atom stereocenters. The summed E-state index contributed by atoms with van der Waals surface area (Å²) in [5.41, 5.74) is 3.79. The highest BCUT2D eigenvalue weighted by atomic mass is 32.1. The lowest BCUT2D eigenvalue weighted by atomic mass is 10.2.